The number of halogens is 1. The highest BCUT2D eigenvalue weighted by Crippen LogP contribution is 2.36. The van der Waals surface area contributed by atoms with Crippen LogP contribution in [0, 0.1) is 6.92 Å². The summed E-state index contributed by atoms with van der Waals surface area (Å²) >= 11 is 5.98. The van der Waals surface area contributed by atoms with Crippen molar-refractivity contribution >= 4 is 11.6 Å². The second-order valence-electron chi connectivity index (χ2n) is 3.40. The van der Waals surface area contributed by atoms with Gasteiger partial charge in [-0.1, -0.05) is 17.7 Å². The Morgan fingerprint density at radius 2 is 2.20 bits per heavy atom. The monoisotopic (exact) mass is 229 g/mol. The van der Waals surface area contributed by atoms with E-state index in [2.05, 4.69) is 0 Å². The SMILES string of the molecule is COc1c(Cl)ccc(C)c1C(O)CCN. The summed E-state index contributed by atoms with van der Waals surface area (Å²) in [7, 11) is 1.54. The van der Waals surface area contributed by atoms with E-state index in [-0.39, 0.29) is 0 Å². The maximum absolute atomic E-state index is 9.92. The number of rotatable bonds is 4. The number of ether oxygens (including phenoxy) is 1. The topological polar surface area (TPSA) is 55.5 Å². The van der Waals surface area contributed by atoms with Gasteiger partial charge in [-0.3, -0.25) is 0 Å². The second kappa shape index (κ2) is 5.35. The number of hydrogen-bond acceptors (Lipinski definition) is 3. The van der Waals surface area contributed by atoms with E-state index in [1.165, 1.54) is 0 Å². The number of aryl methyl sites for hydroxylation is 1. The largest absolute Gasteiger partial charge is 0.495 e. The van der Waals surface area contributed by atoms with Crippen molar-refractivity contribution in [3.63, 3.8) is 0 Å². The van der Waals surface area contributed by atoms with Crippen LogP contribution >= 0.6 is 11.6 Å². The molecule has 1 aromatic carbocycles. The molecule has 3 nitrogen and oxygen atoms in total. The maximum atomic E-state index is 9.92. The lowest BCUT2D eigenvalue weighted by Gasteiger charge is -2.17. The summed E-state index contributed by atoms with van der Waals surface area (Å²) in [5.41, 5.74) is 7.10. The Bertz CT molecular complexity index is 342. The van der Waals surface area contributed by atoms with Gasteiger partial charge in [0.2, 0.25) is 0 Å². The van der Waals surface area contributed by atoms with Crippen molar-refractivity contribution in [1.82, 2.24) is 0 Å². The van der Waals surface area contributed by atoms with Crippen molar-refractivity contribution in [3.8, 4) is 5.75 Å². The molecule has 0 amide bonds. The van der Waals surface area contributed by atoms with Crippen LogP contribution in [0.2, 0.25) is 5.02 Å². The number of hydrogen-bond donors (Lipinski definition) is 2. The fourth-order valence-electron chi connectivity index (χ4n) is 1.60. The third kappa shape index (κ3) is 2.62. The van der Waals surface area contributed by atoms with Gasteiger partial charge in [-0.2, -0.15) is 0 Å². The summed E-state index contributed by atoms with van der Waals surface area (Å²) in [5.74, 6) is 0.539. The molecule has 84 valence electrons. The average molecular weight is 230 g/mol. The first-order valence-electron chi connectivity index (χ1n) is 4.83. The minimum absolute atomic E-state index is 0.427. The molecule has 0 heterocycles. The Morgan fingerprint density at radius 1 is 1.53 bits per heavy atom. The molecule has 0 bridgehead atoms. The van der Waals surface area contributed by atoms with E-state index in [0.717, 1.165) is 11.1 Å². The van der Waals surface area contributed by atoms with Gasteiger partial charge >= 0.3 is 0 Å². The summed E-state index contributed by atoms with van der Waals surface area (Å²) in [4.78, 5) is 0. The zero-order valence-corrected chi connectivity index (χ0v) is 9.71. The zero-order valence-electron chi connectivity index (χ0n) is 8.96. The Balaban J connectivity index is 3.18. The molecule has 3 N–H and O–H groups in total. The van der Waals surface area contributed by atoms with E-state index in [4.69, 9.17) is 22.1 Å². The van der Waals surface area contributed by atoms with Crippen LogP contribution in [0.4, 0.5) is 0 Å². The molecule has 0 aliphatic heterocycles. The predicted molar refractivity (Wildman–Crippen MR) is 61.4 cm³/mol. The Hall–Kier alpha value is -0.770. The molecular formula is C11H16ClNO2. The van der Waals surface area contributed by atoms with Crippen LogP contribution in [0.15, 0.2) is 12.1 Å². The lowest BCUT2D eigenvalue weighted by Crippen LogP contribution is -2.09. The molecule has 0 fully saturated rings. The van der Waals surface area contributed by atoms with Crippen LogP contribution in [-0.2, 0) is 0 Å². The van der Waals surface area contributed by atoms with Gasteiger partial charge in [-0.25, -0.2) is 0 Å². The minimum Gasteiger partial charge on any atom is -0.495 e. The van der Waals surface area contributed by atoms with Crippen molar-refractivity contribution in [2.24, 2.45) is 5.73 Å². The number of aliphatic hydroxyl groups excluding tert-OH is 1. The summed E-state index contributed by atoms with van der Waals surface area (Å²) in [6.45, 7) is 2.34. The molecule has 0 radical (unpaired) electrons. The smallest absolute Gasteiger partial charge is 0.143 e. The molecule has 0 spiro atoms. The highest BCUT2D eigenvalue weighted by Gasteiger charge is 2.17. The molecule has 0 aliphatic carbocycles. The number of benzene rings is 1. The first kappa shape index (κ1) is 12.3. The fourth-order valence-corrected chi connectivity index (χ4v) is 1.84. The van der Waals surface area contributed by atoms with Crippen molar-refractivity contribution in [3.05, 3.63) is 28.3 Å². The standard InChI is InChI=1S/C11H16ClNO2/c1-7-3-4-8(12)11(15-2)10(7)9(14)5-6-13/h3-4,9,14H,5-6,13H2,1-2H3. The predicted octanol–water partition coefficient (Wildman–Crippen LogP) is 2.04. The molecule has 0 aliphatic rings. The van der Waals surface area contributed by atoms with Gasteiger partial charge in [-0.05, 0) is 31.5 Å². The normalized spacial score (nSPS) is 12.6. The van der Waals surface area contributed by atoms with Crippen molar-refractivity contribution in [2.75, 3.05) is 13.7 Å². The van der Waals surface area contributed by atoms with E-state index >= 15 is 0 Å². The van der Waals surface area contributed by atoms with Crippen LogP contribution in [0.1, 0.15) is 23.7 Å². The van der Waals surface area contributed by atoms with Crippen LogP contribution < -0.4 is 10.5 Å². The first-order valence-corrected chi connectivity index (χ1v) is 5.20. The van der Waals surface area contributed by atoms with Gasteiger partial charge in [0.05, 0.1) is 18.2 Å². The number of methoxy groups -OCH3 is 1. The summed E-state index contributed by atoms with van der Waals surface area (Å²) in [6, 6.07) is 3.62. The highest BCUT2D eigenvalue weighted by molar-refractivity contribution is 6.32. The van der Waals surface area contributed by atoms with Crippen LogP contribution in [0.3, 0.4) is 0 Å². The molecule has 0 saturated heterocycles. The first-order chi connectivity index (χ1) is 7.11. The molecule has 0 aromatic heterocycles. The molecule has 4 heteroatoms. The molecular weight excluding hydrogens is 214 g/mol. The van der Waals surface area contributed by atoms with Crippen LogP contribution in [-0.4, -0.2) is 18.8 Å². The van der Waals surface area contributed by atoms with E-state index < -0.39 is 6.10 Å². The Kier molecular flexibility index (Phi) is 4.39. The maximum Gasteiger partial charge on any atom is 0.143 e. The molecule has 1 aromatic rings. The third-order valence-corrected chi connectivity index (χ3v) is 2.64. The number of aliphatic hydroxyl groups is 1. The van der Waals surface area contributed by atoms with E-state index in [0.29, 0.717) is 23.7 Å². The van der Waals surface area contributed by atoms with Gasteiger partial charge in [0, 0.05) is 5.56 Å². The minimum atomic E-state index is -0.622. The van der Waals surface area contributed by atoms with E-state index in [1.807, 2.05) is 13.0 Å². The highest BCUT2D eigenvalue weighted by atomic mass is 35.5. The lowest BCUT2D eigenvalue weighted by molar-refractivity contribution is 0.165. The second-order valence-corrected chi connectivity index (χ2v) is 3.81. The van der Waals surface area contributed by atoms with Crippen molar-refractivity contribution in [2.45, 2.75) is 19.4 Å². The van der Waals surface area contributed by atoms with Crippen LogP contribution in [0.25, 0.3) is 0 Å². The van der Waals surface area contributed by atoms with Gasteiger partial charge < -0.3 is 15.6 Å². The summed E-state index contributed by atoms with van der Waals surface area (Å²) < 4.78 is 5.19. The molecule has 1 unspecified atom stereocenters. The molecule has 1 rings (SSSR count). The third-order valence-electron chi connectivity index (χ3n) is 2.34. The quantitative estimate of drug-likeness (QED) is 0.831. The Morgan fingerprint density at radius 3 is 2.73 bits per heavy atom. The van der Waals surface area contributed by atoms with E-state index in [1.54, 1.807) is 13.2 Å². The number of nitrogens with two attached hydrogens (primary N) is 1. The molecule has 0 saturated carbocycles. The fraction of sp³-hybridized carbons (Fsp3) is 0.455. The zero-order chi connectivity index (χ0) is 11.4. The van der Waals surface area contributed by atoms with Crippen molar-refractivity contribution in [1.29, 1.82) is 0 Å². The van der Waals surface area contributed by atoms with Gasteiger partial charge in [0.15, 0.2) is 0 Å². The molecule has 15 heavy (non-hydrogen) atoms. The van der Waals surface area contributed by atoms with Gasteiger partial charge in [0.25, 0.3) is 0 Å². The van der Waals surface area contributed by atoms with Gasteiger partial charge in [-0.15, -0.1) is 0 Å². The summed E-state index contributed by atoms with van der Waals surface area (Å²) in [6.07, 6.45) is -0.124. The van der Waals surface area contributed by atoms with Crippen LogP contribution in [0.5, 0.6) is 5.75 Å². The average Bonchev–Trinajstić information content (AvgIpc) is 2.21. The van der Waals surface area contributed by atoms with Crippen molar-refractivity contribution < 1.29 is 9.84 Å². The Labute approximate surface area is 94.8 Å². The lowest BCUT2D eigenvalue weighted by atomic mass is 10.00. The molecule has 1 atom stereocenters. The van der Waals surface area contributed by atoms with E-state index in [9.17, 15) is 5.11 Å². The summed E-state index contributed by atoms with van der Waals surface area (Å²) in [5, 5.41) is 10.4. The van der Waals surface area contributed by atoms with Gasteiger partial charge in [0.1, 0.15) is 5.75 Å².